The molecule has 0 aliphatic carbocycles. The third-order valence-electron chi connectivity index (χ3n) is 3.46. The van der Waals surface area contributed by atoms with E-state index in [1.165, 1.54) is 4.90 Å². The van der Waals surface area contributed by atoms with Crippen molar-refractivity contribution in [1.82, 2.24) is 15.1 Å². The SMILES string of the molecule is CNCC1CCCN(C(=O)N(CC(=O)O)CC(C)C)C1. The summed E-state index contributed by atoms with van der Waals surface area (Å²) in [4.78, 5) is 26.7. The largest absolute Gasteiger partial charge is 0.480 e. The van der Waals surface area contributed by atoms with Crippen molar-refractivity contribution in [3.63, 3.8) is 0 Å². The summed E-state index contributed by atoms with van der Waals surface area (Å²) in [5.41, 5.74) is 0. The molecule has 1 heterocycles. The highest BCUT2D eigenvalue weighted by atomic mass is 16.4. The maximum atomic E-state index is 12.5. The number of nitrogens with zero attached hydrogens (tertiary/aromatic N) is 2. The summed E-state index contributed by atoms with van der Waals surface area (Å²) in [5.74, 6) is -0.234. The van der Waals surface area contributed by atoms with Gasteiger partial charge < -0.3 is 20.2 Å². The molecule has 0 aromatic carbocycles. The van der Waals surface area contributed by atoms with E-state index >= 15 is 0 Å². The third-order valence-corrected chi connectivity index (χ3v) is 3.46. The van der Waals surface area contributed by atoms with Crippen LogP contribution in [0, 0.1) is 11.8 Å². The Morgan fingerprint density at radius 3 is 2.70 bits per heavy atom. The molecular formula is C14H27N3O3. The predicted octanol–water partition coefficient (Wildman–Crippen LogP) is 1.08. The fraction of sp³-hybridized carbons (Fsp3) is 0.857. The molecule has 1 rings (SSSR count). The van der Waals surface area contributed by atoms with Crippen molar-refractivity contribution in [2.75, 3.05) is 39.8 Å². The first-order valence-corrected chi connectivity index (χ1v) is 7.34. The number of carboxylic acids is 1. The van der Waals surface area contributed by atoms with Crippen molar-refractivity contribution in [3.05, 3.63) is 0 Å². The maximum absolute atomic E-state index is 12.5. The number of hydrogen-bond acceptors (Lipinski definition) is 3. The second-order valence-corrected chi connectivity index (χ2v) is 5.96. The molecule has 6 heteroatoms. The number of urea groups is 1. The van der Waals surface area contributed by atoms with Crippen molar-refractivity contribution < 1.29 is 14.7 Å². The Kier molecular flexibility index (Phi) is 6.78. The van der Waals surface area contributed by atoms with E-state index in [0.29, 0.717) is 19.0 Å². The van der Waals surface area contributed by atoms with Gasteiger partial charge in [-0.1, -0.05) is 13.8 Å². The average molecular weight is 285 g/mol. The van der Waals surface area contributed by atoms with Crippen LogP contribution in [0.25, 0.3) is 0 Å². The molecule has 20 heavy (non-hydrogen) atoms. The molecule has 1 aliphatic rings. The number of amides is 2. The zero-order chi connectivity index (χ0) is 15.1. The zero-order valence-corrected chi connectivity index (χ0v) is 12.8. The number of carbonyl (C=O) groups excluding carboxylic acids is 1. The fourth-order valence-electron chi connectivity index (χ4n) is 2.71. The number of carboxylic acid groups (broad SMARTS) is 1. The van der Waals surface area contributed by atoms with Gasteiger partial charge in [-0.05, 0) is 38.3 Å². The zero-order valence-electron chi connectivity index (χ0n) is 12.8. The van der Waals surface area contributed by atoms with E-state index in [1.807, 2.05) is 20.9 Å². The van der Waals surface area contributed by atoms with Gasteiger partial charge in [-0.25, -0.2) is 4.79 Å². The number of rotatable bonds is 6. The van der Waals surface area contributed by atoms with E-state index < -0.39 is 5.97 Å². The molecule has 6 nitrogen and oxygen atoms in total. The van der Waals surface area contributed by atoms with Gasteiger partial charge in [-0.3, -0.25) is 4.79 Å². The van der Waals surface area contributed by atoms with Gasteiger partial charge in [0.25, 0.3) is 0 Å². The van der Waals surface area contributed by atoms with Crippen molar-refractivity contribution in [3.8, 4) is 0 Å². The number of aliphatic carboxylic acids is 1. The molecule has 2 amide bonds. The molecule has 0 aromatic heterocycles. The number of piperidine rings is 1. The summed E-state index contributed by atoms with van der Waals surface area (Å²) < 4.78 is 0. The topological polar surface area (TPSA) is 72.9 Å². The summed E-state index contributed by atoms with van der Waals surface area (Å²) in [6, 6.07) is -0.137. The Morgan fingerprint density at radius 1 is 1.45 bits per heavy atom. The van der Waals surface area contributed by atoms with Gasteiger partial charge in [0.05, 0.1) is 0 Å². The van der Waals surface area contributed by atoms with Gasteiger partial charge in [-0.2, -0.15) is 0 Å². The lowest BCUT2D eigenvalue weighted by Gasteiger charge is -2.36. The van der Waals surface area contributed by atoms with Gasteiger partial charge in [0, 0.05) is 19.6 Å². The Morgan fingerprint density at radius 2 is 2.15 bits per heavy atom. The van der Waals surface area contributed by atoms with Crippen molar-refractivity contribution >= 4 is 12.0 Å². The van der Waals surface area contributed by atoms with Crippen molar-refractivity contribution in [2.24, 2.45) is 11.8 Å². The van der Waals surface area contributed by atoms with Crippen LogP contribution in [-0.2, 0) is 4.79 Å². The molecule has 2 N–H and O–H groups in total. The first-order chi connectivity index (χ1) is 9.43. The highest BCUT2D eigenvalue weighted by Crippen LogP contribution is 2.17. The number of likely N-dealkylation sites (tertiary alicyclic amines) is 1. The van der Waals surface area contributed by atoms with E-state index in [1.54, 1.807) is 4.90 Å². The van der Waals surface area contributed by atoms with Gasteiger partial charge >= 0.3 is 12.0 Å². The van der Waals surface area contributed by atoms with Crippen molar-refractivity contribution in [2.45, 2.75) is 26.7 Å². The molecule has 116 valence electrons. The first-order valence-electron chi connectivity index (χ1n) is 7.34. The highest BCUT2D eigenvalue weighted by molar-refractivity contribution is 5.80. The molecule has 0 saturated carbocycles. The van der Waals surface area contributed by atoms with Crippen LogP contribution in [0.15, 0.2) is 0 Å². The lowest BCUT2D eigenvalue weighted by molar-refractivity contribution is -0.137. The fourth-order valence-corrected chi connectivity index (χ4v) is 2.71. The van der Waals surface area contributed by atoms with E-state index in [9.17, 15) is 9.59 Å². The number of carbonyl (C=O) groups is 2. The van der Waals surface area contributed by atoms with Gasteiger partial charge in [0.2, 0.25) is 0 Å². The van der Waals surface area contributed by atoms with Crippen LogP contribution in [0.5, 0.6) is 0 Å². The van der Waals surface area contributed by atoms with E-state index in [4.69, 9.17) is 5.11 Å². The van der Waals surface area contributed by atoms with Gasteiger partial charge in [-0.15, -0.1) is 0 Å². The number of hydrogen-bond donors (Lipinski definition) is 2. The van der Waals surface area contributed by atoms with Crippen LogP contribution in [0.1, 0.15) is 26.7 Å². The summed E-state index contributed by atoms with van der Waals surface area (Å²) in [6.45, 7) is 6.58. The van der Waals surface area contributed by atoms with Gasteiger partial charge in [0.15, 0.2) is 0 Å². The second kappa shape index (κ2) is 8.09. The average Bonchev–Trinajstić information content (AvgIpc) is 2.37. The molecule has 1 saturated heterocycles. The van der Waals surface area contributed by atoms with E-state index in [2.05, 4.69) is 5.32 Å². The molecular weight excluding hydrogens is 258 g/mol. The predicted molar refractivity (Wildman–Crippen MR) is 77.7 cm³/mol. The van der Waals surface area contributed by atoms with Crippen LogP contribution in [0.3, 0.4) is 0 Å². The highest BCUT2D eigenvalue weighted by Gasteiger charge is 2.28. The van der Waals surface area contributed by atoms with Crippen LogP contribution >= 0.6 is 0 Å². The van der Waals surface area contributed by atoms with Crippen molar-refractivity contribution in [1.29, 1.82) is 0 Å². The summed E-state index contributed by atoms with van der Waals surface area (Å²) in [5, 5.41) is 12.1. The van der Waals surface area contributed by atoms with Crippen LogP contribution in [0.4, 0.5) is 4.79 Å². The monoisotopic (exact) mass is 285 g/mol. The minimum absolute atomic E-state index is 0.137. The Bertz CT molecular complexity index is 332. The minimum atomic E-state index is -0.956. The summed E-state index contributed by atoms with van der Waals surface area (Å²) >= 11 is 0. The Hall–Kier alpha value is -1.30. The quantitative estimate of drug-likeness (QED) is 0.766. The maximum Gasteiger partial charge on any atom is 0.323 e. The van der Waals surface area contributed by atoms with Crippen LogP contribution in [-0.4, -0.2) is 66.7 Å². The molecule has 1 fully saturated rings. The first kappa shape index (κ1) is 16.8. The molecule has 0 aromatic rings. The molecule has 1 unspecified atom stereocenters. The second-order valence-electron chi connectivity index (χ2n) is 5.96. The van der Waals surface area contributed by atoms with Crippen LogP contribution in [0.2, 0.25) is 0 Å². The Balaban J connectivity index is 2.64. The molecule has 0 bridgehead atoms. The smallest absolute Gasteiger partial charge is 0.323 e. The third kappa shape index (κ3) is 5.36. The molecule has 1 aliphatic heterocycles. The molecule has 0 radical (unpaired) electrons. The van der Waals surface area contributed by atoms with E-state index in [-0.39, 0.29) is 18.5 Å². The Labute approximate surface area is 121 Å². The summed E-state index contributed by atoms with van der Waals surface area (Å²) in [6.07, 6.45) is 2.11. The normalized spacial score (nSPS) is 19.2. The minimum Gasteiger partial charge on any atom is -0.480 e. The van der Waals surface area contributed by atoms with Crippen LogP contribution < -0.4 is 5.32 Å². The molecule has 1 atom stereocenters. The number of nitrogens with one attached hydrogen (secondary N) is 1. The molecule has 0 spiro atoms. The lowest BCUT2D eigenvalue weighted by Crippen LogP contribution is -2.50. The van der Waals surface area contributed by atoms with Gasteiger partial charge in [0.1, 0.15) is 6.54 Å². The lowest BCUT2D eigenvalue weighted by atomic mass is 9.98. The summed E-state index contributed by atoms with van der Waals surface area (Å²) in [7, 11) is 1.91. The van der Waals surface area contributed by atoms with E-state index in [0.717, 1.165) is 25.9 Å². The standard InChI is InChI=1S/C14H27N3O3/c1-11(2)8-17(10-13(18)19)14(20)16-6-4-5-12(9-16)7-15-3/h11-12,15H,4-10H2,1-3H3,(H,18,19).